The van der Waals surface area contributed by atoms with Crippen molar-refractivity contribution in [1.82, 2.24) is 20.9 Å². The fourth-order valence-corrected chi connectivity index (χ4v) is 12.7. The predicted octanol–water partition coefficient (Wildman–Crippen LogP) is 8.85. The third kappa shape index (κ3) is 22.2. The van der Waals surface area contributed by atoms with E-state index in [4.69, 9.17) is 37.9 Å². The zero-order valence-corrected chi connectivity index (χ0v) is 54.2. The number of carbonyl (C=O) groups is 6. The van der Waals surface area contributed by atoms with Crippen LogP contribution in [0.25, 0.3) is 0 Å². The Kier molecular flexibility index (Phi) is 25.7. The van der Waals surface area contributed by atoms with E-state index >= 15 is 0 Å². The average Bonchev–Trinajstić information content (AvgIpc) is 1.64. The molecule has 0 radical (unpaired) electrons. The lowest BCUT2D eigenvalue weighted by Gasteiger charge is -2.39. The first-order valence-electron chi connectivity index (χ1n) is 31.4. The maximum absolute atomic E-state index is 13.3. The van der Waals surface area contributed by atoms with Crippen LogP contribution in [0.5, 0.6) is 0 Å². The first-order valence-corrected chi connectivity index (χ1v) is 32.8. The first-order chi connectivity index (χ1) is 41.4. The van der Waals surface area contributed by atoms with Gasteiger partial charge in [-0.25, -0.2) is 0 Å². The van der Waals surface area contributed by atoms with E-state index in [1.165, 1.54) is 19.1 Å². The Balaban J connectivity index is 0.769. The standard InChI is InChI=1S/C68H98N4O14S/c1-42(13-23-54-36-67(41-79-67)37-57(84-54)35-65(77)72(11)29-30-87-12)15-25-60-45(4)32-59(49(8)83-60)71-63(75)28-18-47(6)81-66(78)33-52-19-21-53(22-20-52)40-69-64(76)34-56-39-68(50(9)86-68)38-55(85-56)24-14-43(2)16-26-61-44(3)31-58(48(7)82-61)70-62(74)27-17-46(5)80-51(10)73/h13-24,27-28,44-50,54-61H,25-26,29-41H2,1-12H3,(H,69,76)(H,70,74)(H,71,75)/b23-13+,24-14+,27-17-,28-18-,42-15+,43-16+/t44-,45-,46-,47-,48+,49+,50+,54+,55+,56+,57+,58+,59+,60-,61-,67+,68+/m0/s1. The molecule has 0 saturated carbocycles. The molecule has 6 aliphatic rings. The molecule has 17 atom stereocenters. The minimum atomic E-state index is -0.628. The van der Waals surface area contributed by atoms with Crippen molar-refractivity contribution in [2.75, 3.05) is 32.2 Å². The van der Waals surface area contributed by atoms with Crippen LogP contribution in [0.15, 0.2) is 96.2 Å². The van der Waals surface area contributed by atoms with Crippen LogP contribution < -0.4 is 16.0 Å². The number of esters is 2. The number of epoxide rings is 2. The highest BCUT2D eigenvalue weighted by atomic mass is 32.2. The van der Waals surface area contributed by atoms with E-state index in [9.17, 15) is 28.8 Å². The van der Waals surface area contributed by atoms with Gasteiger partial charge in [0.1, 0.15) is 12.2 Å². The Labute approximate surface area is 520 Å². The van der Waals surface area contributed by atoms with Gasteiger partial charge in [-0.2, -0.15) is 11.8 Å². The van der Waals surface area contributed by atoms with Crippen LogP contribution in [0.1, 0.15) is 145 Å². The maximum Gasteiger partial charge on any atom is 0.310 e. The van der Waals surface area contributed by atoms with E-state index in [2.05, 4.69) is 87.0 Å². The van der Waals surface area contributed by atoms with E-state index in [0.717, 1.165) is 73.1 Å². The second-order valence-electron chi connectivity index (χ2n) is 25.4. The fraction of sp³-hybridized carbons (Fsp3) is 0.647. The van der Waals surface area contributed by atoms with Gasteiger partial charge in [0.15, 0.2) is 0 Å². The van der Waals surface area contributed by atoms with Crippen molar-refractivity contribution in [3.8, 4) is 0 Å². The summed E-state index contributed by atoms with van der Waals surface area (Å²) in [4.78, 5) is 77.7. The summed E-state index contributed by atoms with van der Waals surface area (Å²) in [5.41, 5.74) is 3.33. The molecule has 3 N–H and O–H groups in total. The number of thioether (sulfide) groups is 1. The number of carbonyl (C=O) groups excluding carboxylic acids is 6. The van der Waals surface area contributed by atoms with Gasteiger partial charge in [0, 0.05) is 70.6 Å². The summed E-state index contributed by atoms with van der Waals surface area (Å²) in [6, 6.07) is 7.14. The monoisotopic (exact) mass is 1230 g/mol. The molecule has 0 unspecified atom stereocenters. The van der Waals surface area contributed by atoms with Gasteiger partial charge in [-0.15, -0.1) is 0 Å². The summed E-state index contributed by atoms with van der Waals surface area (Å²) in [6.07, 6.45) is 24.9. The molecule has 7 rings (SSSR count). The van der Waals surface area contributed by atoms with Crippen LogP contribution in [0.2, 0.25) is 0 Å². The number of allylic oxidation sites excluding steroid dienone is 4. The van der Waals surface area contributed by atoms with E-state index in [-0.39, 0.29) is 127 Å². The van der Waals surface area contributed by atoms with E-state index < -0.39 is 24.1 Å². The first kappa shape index (κ1) is 69.1. The summed E-state index contributed by atoms with van der Waals surface area (Å²) in [6.45, 7) is 20.9. The third-order valence-electron chi connectivity index (χ3n) is 17.7. The van der Waals surface area contributed by atoms with Gasteiger partial charge in [-0.1, -0.05) is 85.7 Å². The van der Waals surface area contributed by atoms with Crippen LogP contribution in [0.4, 0.5) is 0 Å². The maximum atomic E-state index is 13.3. The Hall–Kier alpha value is -5.41. The molecule has 1 aromatic carbocycles. The molecule has 19 heteroatoms. The summed E-state index contributed by atoms with van der Waals surface area (Å²) in [7, 11) is 1.85. The largest absolute Gasteiger partial charge is 0.459 e. The lowest BCUT2D eigenvalue weighted by atomic mass is 9.87. The zero-order valence-electron chi connectivity index (χ0n) is 53.4. The van der Waals surface area contributed by atoms with Gasteiger partial charge < -0.3 is 58.7 Å². The number of rotatable bonds is 27. The highest BCUT2D eigenvalue weighted by Crippen LogP contribution is 2.49. The van der Waals surface area contributed by atoms with Crippen molar-refractivity contribution in [1.29, 1.82) is 0 Å². The van der Waals surface area contributed by atoms with E-state index in [1.54, 1.807) is 42.7 Å². The summed E-state index contributed by atoms with van der Waals surface area (Å²) in [5, 5.41) is 9.16. The van der Waals surface area contributed by atoms with Crippen molar-refractivity contribution in [3.63, 3.8) is 0 Å². The molecule has 1 aromatic rings. The molecule has 2 spiro atoms. The highest BCUT2D eigenvalue weighted by Gasteiger charge is 2.58. The van der Waals surface area contributed by atoms with Crippen molar-refractivity contribution in [2.24, 2.45) is 11.8 Å². The third-order valence-corrected chi connectivity index (χ3v) is 18.3. The minimum Gasteiger partial charge on any atom is -0.459 e. The van der Waals surface area contributed by atoms with E-state index in [0.29, 0.717) is 32.4 Å². The molecule has 0 aromatic heterocycles. The molecular formula is C68H98N4O14S. The minimum absolute atomic E-state index is 0.00499. The second-order valence-corrected chi connectivity index (χ2v) is 26.4. The number of amides is 4. The molecule has 6 heterocycles. The quantitative estimate of drug-likeness (QED) is 0.0324. The van der Waals surface area contributed by atoms with Crippen molar-refractivity contribution in [2.45, 2.75) is 237 Å². The molecule has 18 nitrogen and oxygen atoms in total. The van der Waals surface area contributed by atoms with Crippen LogP contribution in [0, 0.1) is 11.8 Å². The Morgan fingerprint density at radius 2 is 1.22 bits per heavy atom. The SMILES string of the molecule is CSCCN(C)C(=O)C[C@@H]1C[C@@]2(CO2)C[C@@H](/C=C/C(C)=C/C[C@@H]2O[C@H](C)[C@H](NC(=O)/C=C\[C@H](C)OC(=O)Cc3ccc(CNC(=O)C[C@@H]4C[C@@]5(C[C@@H](/C=C/C(C)=C/C[C@@H]6O[C@H](C)[C@H](NC(=O)/C=C\[C@H](C)OC(C)=O)C[C@@H]6C)O4)O[C@@H]5C)cc3)C[C@@H]2C)O1. The number of ether oxygens (including phenoxy) is 8. The molecule has 87 heavy (non-hydrogen) atoms. The Morgan fingerprint density at radius 1 is 0.701 bits per heavy atom. The number of benzene rings is 1. The van der Waals surface area contributed by atoms with Gasteiger partial charge >= 0.3 is 11.9 Å². The molecule has 4 amide bonds. The van der Waals surface area contributed by atoms with Crippen molar-refractivity contribution < 1.29 is 66.7 Å². The summed E-state index contributed by atoms with van der Waals surface area (Å²) < 4.78 is 48.4. The molecule has 0 aliphatic carbocycles. The molecule has 480 valence electrons. The number of nitrogens with one attached hydrogen (secondary N) is 3. The van der Waals surface area contributed by atoms with E-state index in [1.807, 2.05) is 51.4 Å². The van der Waals surface area contributed by atoms with Gasteiger partial charge in [0.05, 0.1) is 104 Å². The molecule has 6 saturated heterocycles. The smallest absolute Gasteiger partial charge is 0.310 e. The van der Waals surface area contributed by atoms with Crippen LogP contribution in [0.3, 0.4) is 0 Å². The lowest BCUT2D eigenvalue weighted by Crippen LogP contribution is -2.50. The van der Waals surface area contributed by atoms with Crippen molar-refractivity contribution in [3.05, 3.63) is 107 Å². The van der Waals surface area contributed by atoms with Gasteiger partial charge in [-0.05, 0) is 116 Å². The molecular weight excluding hydrogens is 1130 g/mol. The van der Waals surface area contributed by atoms with Crippen LogP contribution in [-0.2, 0) is 79.6 Å². The fourth-order valence-electron chi connectivity index (χ4n) is 12.2. The molecule has 6 aliphatic heterocycles. The summed E-state index contributed by atoms with van der Waals surface area (Å²) >= 11 is 1.73. The Bertz CT molecular complexity index is 2700. The molecule has 0 bridgehead atoms. The predicted molar refractivity (Wildman–Crippen MR) is 335 cm³/mol. The second kappa shape index (κ2) is 32.4. The normalized spacial score (nSPS) is 32.5. The van der Waals surface area contributed by atoms with Crippen molar-refractivity contribution >= 4 is 47.3 Å². The Morgan fingerprint density at radius 3 is 1.74 bits per heavy atom. The van der Waals surface area contributed by atoms with Gasteiger partial charge in [-0.3, -0.25) is 28.8 Å². The highest BCUT2D eigenvalue weighted by molar-refractivity contribution is 7.98. The number of nitrogens with zero attached hydrogens (tertiary/aromatic N) is 1. The lowest BCUT2D eigenvalue weighted by molar-refractivity contribution is -0.145. The zero-order chi connectivity index (χ0) is 63.0. The number of hydrogen-bond acceptors (Lipinski definition) is 15. The topological polar surface area (TPSA) is 222 Å². The average molecular weight is 1230 g/mol. The van der Waals surface area contributed by atoms with Gasteiger partial charge in [0.25, 0.3) is 0 Å². The molecule has 6 fully saturated rings. The summed E-state index contributed by atoms with van der Waals surface area (Å²) in [5.74, 6) is -0.0724. The van der Waals surface area contributed by atoms with Crippen LogP contribution in [-0.4, -0.2) is 163 Å². The van der Waals surface area contributed by atoms with Crippen LogP contribution >= 0.6 is 11.8 Å². The number of hydrogen-bond donors (Lipinski definition) is 3. The van der Waals surface area contributed by atoms with Gasteiger partial charge in [0.2, 0.25) is 23.6 Å².